The van der Waals surface area contributed by atoms with Gasteiger partial charge in [-0.3, -0.25) is 14.4 Å². The molecule has 0 aromatic heterocycles. The molecule has 176 valence electrons. The second-order valence-corrected chi connectivity index (χ2v) is 8.38. The first kappa shape index (κ1) is 26.2. The van der Waals surface area contributed by atoms with Crippen LogP contribution in [0.2, 0.25) is 0 Å². The first-order valence-corrected chi connectivity index (χ1v) is 11.4. The van der Waals surface area contributed by atoms with Gasteiger partial charge in [-0.25, -0.2) is 0 Å². The quantitative estimate of drug-likeness (QED) is 0.268. The summed E-state index contributed by atoms with van der Waals surface area (Å²) in [5.74, 6) is -1.25. The van der Waals surface area contributed by atoms with Gasteiger partial charge in [-0.15, -0.1) is 0 Å². The summed E-state index contributed by atoms with van der Waals surface area (Å²) in [5.41, 5.74) is 0.295. The first-order chi connectivity index (χ1) is 15.3. The van der Waals surface area contributed by atoms with E-state index in [0.717, 1.165) is 3.57 Å². The monoisotopic (exact) mass is 560 g/mol. The molecule has 0 heterocycles. The van der Waals surface area contributed by atoms with Crippen molar-refractivity contribution in [2.45, 2.75) is 38.0 Å². The molecule has 1 aromatic rings. The molecular formula is C22H29IN2O7. The normalized spacial score (nSPS) is 20.3. The zero-order valence-electron chi connectivity index (χ0n) is 18.1. The van der Waals surface area contributed by atoms with Crippen LogP contribution in [0.15, 0.2) is 35.9 Å². The highest BCUT2D eigenvalue weighted by Crippen LogP contribution is 2.29. The van der Waals surface area contributed by atoms with E-state index < -0.39 is 35.8 Å². The number of hydrogen-bond donors (Lipinski definition) is 3. The van der Waals surface area contributed by atoms with Crippen LogP contribution in [0.1, 0.15) is 19.8 Å². The third kappa shape index (κ3) is 6.74. The number of nitrogens with one attached hydrogen (secondary N) is 1. The van der Waals surface area contributed by atoms with E-state index in [4.69, 9.17) is 14.6 Å². The molecule has 1 aromatic carbocycles. The Morgan fingerprint density at radius 2 is 2.00 bits per heavy atom. The standard InChI is InChI=1S/C22H29IN2O7/c1-3-17(27)22(30)25(9-11-31-2)16-12-14(21(29)24-8-10-26)13-19(20(16)28)32-18-7-5-4-6-15(18)23/h4-7,13,16,19-20,26,28H,3,8-12H2,1-2H3,(H,24,29). The zero-order valence-corrected chi connectivity index (χ0v) is 20.3. The number of benzene rings is 1. The Bertz CT molecular complexity index is 845. The average molecular weight is 560 g/mol. The number of carbonyl (C=O) groups is 3. The lowest BCUT2D eigenvalue weighted by atomic mass is 9.88. The lowest BCUT2D eigenvalue weighted by Crippen LogP contribution is -2.57. The van der Waals surface area contributed by atoms with E-state index in [1.165, 1.54) is 18.1 Å². The number of nitrogens with zero attached hydrogens (tertiary/aromatic N) is 1. The van der Waals surface area contributed by atoms with Crippen molar-refractivity contribution in [1.29, 1.82) is 0 Å². The first-order valence-electron chi connectivity index (χ1n) is 10.4. The number of para-hydroxylation sites is 1. The molecule has 9 nitrogen and oxygen atoms in total. The Morgan fingerprint density at radius 3 is 2.62 bits per heavy atom. The Hall–Kier alpha value is -2.02. The van der Waals surface area contributed by atoms with E-state index in [1.807, 2.05) is 12.1 Å². The van der Waals surface area contributed by atoms with Gasteiger partial charge in [-0.1, -0.05) is 19.1 Å². The van der Waals surface area contributed by atoms with Crippen LogP contribution in [0.3, 0.4) is 0 Å². The summed E-state index contributed by atoms with van der Waals surface area (Å²) < 4.78 is 11.9. The van der Waals surface area contributed by atoms with Crippen molar-refractivity contribution in [2.24, 2.45) is 0 Å². The lowest BCUT2D eigenvalue weighted by molar-refractivity contribution is -0.149. The molecule has 0 spiro atoms. The number of Topliss-reactive ketones (excluding diaryl/α,β-unsaturated/α-hetero) is 1. The summed E-state index contributed by atoms with van der Waals surface area (Å²) in [7, 11) is 1.47. The number of methoxy groups -OCH3 is 1. The molecule has 0 bridgehead atoms. The van der Waals surface area contributed by atoms with Gasteiger partial charge >= 0.3 is 0 Å². The molecule has 3 atom stereocenters. The van der Waals surface area contributed by atoms with Crippen molar-refractivity contribution in [1.82, 2.24) is 10.2 Å². The second kappa shape index (κ2) is 12.9. The third-order valence-electron chi connectivity index (χ3n) is 5.07. The van der Waals surface area contributed by atoms with Gasteiger partial charge in [0.05, 0.1) is 22.8 Å². The van der Waals surface area contributed by atoms with Crippen molar-refractivity contribution in [3.63, 3.8) is 0 Å². The number of halogens is 1. The Balaban J connectivity index is 2.41. The summed E-state index contributed by atoms with van der Waals surface area (Å²) in [4.78, 5) is 38.9. The van der Waals surface area contributed by atoms with Crippen molar-refractivity contribution in [3.8, 4) is 5.75 Å². The molecule has 10 heteroatoms. The summed E-state index contributed by atoms with van der Waals surface area (Å²) in [5, 5.41) is 22.8. The largest absolute Gasteiger partial charge is 0.482 e. The summed E-state index contributed by atoms with van der Waals surface area (Å²) in [6.45, 7) is 1.65. The predicted octanol–water partition coefficient (Wildman–Crippen LogP) is 0.661. The van der Waals surface area contributed by atoms with Crippen LogP contribution in [0, 0.1) is 3.57 Å². The number of aliphatic hydroxyl groups excluding tert-OH is 2. The molecule has 0 radical (unpaired) electrons. The maximum atomic E-state index is 12.8. The van der Waals surface area contributed by atoms with Crippen LogP contribution in [-0.2, 0) is 19.1 Å². The molecule has 0 aliphatic heterocycles. The van der Waals surface area contributed by atoms with Gasteiger partial charge in [0, 0.05) is 38.6 Å². The maximum absolute atomic E-state index is 12.8. The van der Waals surface area contributed by atoms with Gasteiger partial charge in [0.2, 0.25) is 11.7 Å². The molecule has 0 saturated carbocycles. The summed E-state index contributed by atoms with van der Waals surface area (Å²) in [6, 6.07) is 6.35. The fourth-order valence-electron chi connectivity index (χ4n) is 3.39. The van der Waals surface area contributed by atoms with Gasteiger partial charge in [-0.05, 0) is 40.8 Å². The van der Waals surface area contributed by atoms with Crippen molar-refractivity contribution >= 4 is 40.2 Å². The number of rotatable bonds is 11. The smallest absolute Gasteiger partial charge is 0.290 e. The molecule has 2 rings (SSSR count). The van der Waals surface area contributed by atoms with E-state index in [9.17, 15) is 19.5 Å². The van der Waals surface area contributed by atoms with E-state index >= 15 is 0 Å². The van der Waals surface area contributed by atoms with Crippen LogP contribution in [-0.4, -0.2) is 84.4 Å². The molecule has 3 unspecified atom stereocenters. The third-order valence-corrected chi connectivity index (χ3v) is 5.96. The minimum absolute atomic E-state index is 0.0208. The molecule has 1 aliphatic carbocycles. The van der Waals surface area contributed by atoms with Crippen LogP contribution in [0.25, 0.3) is 0 Å². The zero-order chi connectivity index (χ0) is 23.7. The molecule has 0 saturated heterocycles. The van der Waals surface area contributed by atoms with Gasteiger partial charge in [0.25, 0.3) is 5.91 Å². The Morgan fingerprint density at radius 1 is 1.28 bits per heavy atom. The molecule has 2 amide bonds. The van der Waals surface area contributed by atoms with Crippen molar-refractivity contribution in [2.75, 3.05) is 33.4 Å². The minimum atomic E-state index is -1.19. The highest BCUT2D eigenvalue weighted by molar-refractivity contribution is 14.1. The topological polar surface area (TPSA) is 125 Å². The molecular weight excluding hydrogens is 531 g/mol. The highest BCUT2D eigenvalue weighted by Gasteiger charge is 2.41. The number of aliphatic hydroxyl groups is 2. The average Bonchev–Trinajstić information content (AvgIpc) is 2.80. The summed E-state index contributed by atoms with van der Waals surface area (Å²) in [6.07, 6.45) is -0.554. The second-order valence-electron chi connectivity index (χ2n) is 7.21. The van der Waals surface area contributed by atoms with Crippen LogP contribution in [0.5, 0.6) is 5.75 Å². The highest BCUT2D eigenvalue weighted by atomic mass is 127. The van der Waals surface area contributed by atoms with Gasteiger partial charge in [0.15, 0.2) is 0 Å². The number of hydrogen-bond acceptors (Lipinski definition) is 7. The number of ketones is 1. The number of carbonyl (C=O) groups excluding carboxylic acids is 3. The molecule has 3 N–H and O–H groups in total. The Labute approximate surface area is 200 Å². The Kier molecular flexibility index (Phi) is 10.6. The van der Waals surface area contributed by atoms with Gasteiger partial charge < -0.3 is 29.9 Å². The fourth-order valence-corrected chi connectivity index (χ4v) is 3.90. The molecule has 0 fully saturated rings. The number of amides is 2. The lowest BCUT2D eigenvalue weighted by Gasteiger charge is -2.40. The van der Waals surface area contributed by atoms with Crippen LogP contribution < -0.4 is 10.1 Å². The number of ether oxygens (including phenoxy) is 2. The van der Waals surface area contributed by atoms with E-state index in [-0.39, 0.29) is 39.1 Å². The van der Waals surface area contributed by atoms with Crippen LogP contribution >= 0.6 is 22.6 Å². The van der Waals surface area contributed by atoms with Gasteiger partial charge in [-0.2, -0.15) is 0 Å². The van der Waals surface area contributed by atoms with E-state index in [1.54, 1.807) is 19.1 Å². The maximum Gasteiger partial charge on any atom is 0.290 e. The van der Waals surface area contributed by atoms with Gasteiger partial charge in [0.1, 0.15) is 18.0 Å². The predicted molar refractivity (Wildman–Crippen MR) is 125 cm³/mol. The van der Waals surface area contributed by atoms with Crippen molar-refractivity contribution in [3.05, 3.63) is 39.5 Å². The minimum Gasteiger partial charge on any atom is -0.482 e. The van der Waals surface area contributed by atoms with Crippen molar-refractivity contribution < 1.29 is 34.1 Å². The molecule has 32 heavy (non-hydrogen) atoms. The van der Waals surface area contributed by atoms with E-state index in [0.29, 0.717) is 11.3 Å². The van der Waals surface area contributed by atoms with Crippen LogP contribution in [0.4, 0.5) is 0 Å². The van der Waals surface area contributed by atoms with E-state index in [2.05, 4.69) is 27.9 Å². The SMILES string of the molecule is CCC(=O)C(=O)N(CCOC)C1CC(C(=O)NCCO)=CC(Oc2ccccc2I)C1O. The summed E-state index contributed by atoms with van der Waals surface area (Å²) >= 11 is 2.10. The molecule has 1 aliphatic rings. The fraction of sp³-hybridized carbons (Fsp3) is 0.500.